The molecule has 2 amide bonds. The van der Waals surface area contributed by atoms with Crippen molar-refractivity contribution >= 4 is 28.7 Å². The standard InChI is InChI=1S/C21H21N3O4/c1-13(23-20(26)14-7-3-2-4-8-14)19(25)24-18(21(27)28)11-15-12-22-17-10-6-5-9-16(15)17/h2-10,12-13,18,22H,11H2,1H3,(H,23,26)(H,24,25)(H,27,28)/t13-,18-/m0/s1. The highest BCUT2D eigenvalue weighted by Gasteiger charge is 2.25. The minimum atomic E-state index is -1.14. The van der Waals surface area contributed by atoms with Crippen LogP contribution in [0.2, 0.25) is 0 Å². The number of hydrogen-bond donors (Lipinski definition) is 4. The van der Waals surface area contributed by atoms with Crippen LogP contribution in [0.25, 0.3) is 10.9 Å². The number of aromatic nitrogens is 1. The van der Waals surface area contributed by atoms with Crippen molar-refractivity contribution in [3.05, 3.63) is 71.9 Å². The highest BCUT2D eigenvalue weighted by Crippen LogP contribution is 2.19. The van der Waals surface area contributed by atoms with Crippen LogP contribution in [0.5, 0.6) is 0 Å². The lowest BCUT2D eigenvalue weighted by Crippen LogP contribution is -2.51. The molecule has 2 atom stereocenters. The number of nitrogens with one attached hydrogen (secondary N) is 3. The Balaban J connectivity index is 1.65. The van der Waals surface area contributed by atoms with Crippen molar-refractivity contribution in [2.24, 2.45) is 0 Å². The van der Waals surface area contributed by atoms with Gasteiger partial charge in [0.2, 0.25) is 5.91 Å². The Bertz CT molecular complexity index is 997. The first-order valence-electron chi connectivity index (χ1n) is 8.90. The predicted molar refractivity (Wildman–Crippen MR) is 105 cm³/mol. The molecule has 0 spiro atoms. The third kappa shape index (κ3) is 4.37. The zero-order valence-electron chi connectivity index (χ0n) is 15.3. The summed E-state index contributed by atoms with van der Waals surface area (Å²) in [5, 5.41) is 15.5. The molecular weight excluding hydrogens is 358 g/mol. The second kappa shape index (κ2) is 8.39. The van der Waals surface area contributed by atoms with E-state index in [-0.39, 0.29) is 6.42 Å². The average Bonchev–Trinajstić information content (AvgIpc) is 3.11. The number of H-pyrrole nitrogens is 1. The van der Waals surface area contributed by atoms with Gasteiger partial charge in [-0.15, -0.1) is 0 Å². The number of para-hydroxylation sites is 1. The van der Waals surface area contributed by atoms with E-state index in [4.69, 9.17) is 0 Å². The molecule has 1 aromatic heterocycles. The van der Waals surface area contributed by atoms with Gasteiger partial charge in [-0.2, -0.15) is 0 Å². The number of aliphatic carboxylic acids is 1. The number of benzene rings is 2. The molecule has 0 aliphatic rings. The molecule has 7 nitrogen and oxygen atoms in total. The number of carboxylic acid groups (broad SMARTS) is 1. The molecule has 7 heteroatoms. The molecule has 0 aliphatic heterocycles. The molecule has 2 aromatic carbocycles. The van der Waals surface area contributed by atoms with Crippen LogP contribution >= 0.6 is 0 Å². The Morgan fingerprint density at radius 1 is 1.00 bits per heavy atom. The Morgan fingerprint density at radius 3 is 2.39 bits per heavy atom. The Hall–Kier alpha value is -3.61. The Morgan fingerprint density at radius 2 is 1.68 bits per heavy atom. The number of carboxylic acids is 1. The van der Waals surface area contributed by atoms with Crippen LogP contribution < -0.4 is 10.6 Å². The Kier molecular flexibility index (Phi) is 5.74. The molecule has 0 unspecified atom stereocenters. The maximum absolute atomic E-state index is 12.4. The first kappa shape index (κ1) is 19.2. The number of carbonyl (C=O) groups excluding carboxylic acids is 2. The molecular formula is C21H21N3O4. The lowest BCUT2D eigenvalue weighted by Gasteiger charge is -2.18. The van der Waals surface area contributed by atoms with E-state index < -0.39 is 29.9 Å². The quantitative estimate of drug-likeness (QED) is 0.504. The molecule has 0 fully saturated rings. The van der Waals surface area contributed by atoms with Crippen LogP contribution in [-0.4, -0.2) is 40.0 Å². The third-order valence-electron chi connectivity index (χ3n) is 4.49. The third-order valence-corrected chi connectivity index (χ3v) is 4.49. The molecule has 3 rings (SSSR count). The normalized spacial score (nSPS) is 12.9. The van der Waals surface area contributed by atoms with E-state index in [9.17, 15) is 19.5 Å². The van der Waals surface area contributed by atoms with Gasteiger partial charge in [0.25, 0.3) is 5.91 Å². The minimum absolute atomic E-state index is 0.129. The first-order chi connectivity index (χ1) is 13.5. The van der Waals surface area contributed by atoms with Gasteiger partial charge < -0.3 is 20.7 Å². The second-order valence-corrected chi connectivity index (χ2v) is 6.52. The summed E-state index contributed by atoms with van der Waals surface area (Å²) < 4.78 is 0. The van der Waals surface area contributed by atoms with E-state index in [1.807, 2.05) is 24.3 Å². The number of fused-ring (bicyclic) bond motifs is 1. The van der Waals surface area contributed by atoms with E-state index in [0.717, 1.165) is 16.5 Å². The van der Waals surface area contributed by atoms with Gasteiger partial charge in [0.1, 0.15) is 12.1 Å². The lowest BCUT2D eigenvalue weighted by atomic mass is 10.0. The fourth-order valence-electron chi connectivity index (χ4n) is 2.95. The first-order valence-corrected chi connectivity index (χ1v) is 8.90. The van der Waals surface area contributed by atoms with E-state index >= 15 is 0 Å². The minimum Gasteiger partial charge on any atom is -0.480 e. The zero-order chi connectivity index (χ0) is 20.1. The van der Waals surface area contributed by atoms with Crippen molar-refractivity contribution in [3.8, 4) is 0 Å². The molecule has 1 heterocycles. The van der Waals surface area contributed by atoms with Gasteiger partial charge in [0, 0.05) is 29.1 Å². The van der Waals surface area contributed by atoms with E-state index in [0.29, 0.717) is 5.56 Å². The molecule has 4 N–H and O–H groups in total. The van der Waals surface area contributed by atoms with Crippen LogP contribution in [0.1, 0.15) is 22.8 Å². The highest BCUT2D eigenvalue weighted by molar-refractivity contribution is 5.98. The largest absolute Gasteiger partial charge is 0.480 e. The van der Waals surface area contributed by atoms with Gasteiger partial charge in [-0.1, -0.05) is 36.4 Å². The van der Waals surface area contributed by atoms with Crippen molar-refractivity contribution in [1.29, 1.82) is 0 Å². The summed E-state index contributed by atoms with van der Waals surface area (Å²) in [6.45, 7) is 1.51. The number of hydrogen-bond acceptors (Lipinski definition) is 3. The van der Waals surface area contributed by atoms with Crippen molar-refractivity contribution in [3.63, 3.8) is 0 Å². The van der Waals surface area contributed by atoms with Crippen LogP contribution in [0.3, 0.4) is 0 Å². The van der Waals surface area contributed by atoms with Crippen LogP contribution in [0.4, 0.5) is 0 Å². The fraction of sp³-hybridized carbons (Fsp3) is 0.190. The smallest absolute Gasteiger partial charge is 0.326 e. The summed E-state index contributed by atoms with van der Waals surface area (Å²) in [5.74, 6) is -2.09. The Labute approximate surface area is 161 Å². The average molecular weight is 379 g/mol. The van der Waals surface area contributed by atoms with Gasteiger partial charge in [0.05, 0.1) is 0 Å². The van der Waals surface area contributed by atoms with E-state index in [2.05, 4.69) is 15.6 Å². The molecule has 0 aliphatic carbocycles. The number of rotatable bonds is 7. The molecule has 28 heavy (non-hydrogen) atoms. The summed E-state index contributed by atoms with van der Waals surface area (Å²) in [7, 11) is 0. The lowest BCUT2D eigenvalue weighted by molar-refractivity contribution is -0.142. The van der Waals surface area contributed by atoms with Gasteiger partial charge in [-0.25, -0.2) is 4.79 Å². The van der Waals surface area contributed by atoms with Crippen molar-refractivity contribution < 1.29 is 19.5 Å². The van der Waals surface area contributed by atoms with Gasteiger partial charge >= 0.3 is 5.97 Å². The summed E-state index contributed by atoms with van der Waals surface area (Å²) in [4.78, 5) is 39.3. The van der Waals surface area contributed by atoms with Crippen molar-refractivity contribution in [2.45, 2.75) is 25.4 Å². The number of amides is 2. The summed E-state index contributed by atoms with van der Waals surface area (Å²) >= 11 is 0. The van der Waals surface area contributed by atoms with E-state index in [1.165, 1.54) is 6.92 Å². The van der Waals surface area contributed by atoms with Crippen LogP contribution in [0, 0.1) is 0 Å². The monoisotopic (exact) mass is 379 g/mol. The van der Waals surface area contributed by atoms with Crippen molar-refractivity contribution in [2.75, 3.05) is 0 Å². The summed E-state index contributed by atoms with van der Waals surface area (Å²) in [6, 6.07) is 14.1. The highest BCUT2D eigenvalue weighted by atomic mass is 16.4. The fourth-order valence-corrected chi connectivity index (χ4v) is 2.95. The van der Waals surface area contributed by atoms with Gasteiger partial charge in [-0.05, 0) is 30.7 Å². The predicted octanol–water partition coefficient (Wildman–Crippen LogP) is 2.10. The van der Waals surface area contributed by atoms with Gasteiger partial charge in [0.15, 0.2) is 0 Å². The molecule has 144 valence electrons. The van der Waals surface area contributed by atoms with Crippen LogP contribution in [0.15, 0.2) is 60.8 Å². The second-order valence-electron chi connectivity index (χ2n) is 6.52. The summed E-state index contributed by atoms with van der Waals surface area (Å²) in [6.07, 6.45) is 1.87. The maximum Gasteiger partial charge on any atom is 0.326 e. The molecule has 0 radical (unpaired) electrons. The molecule has 0 saturated heterocycles. The molecule has 0 bridgehead atoms. The summed E-state index contributed by atoms with van der Waals surface area (Å²) in [5.41, 5.74) is 2.12. The number of aromatic amines is 1. The zero-order valence-corrected chi connectivity index (χ0v) is 15.3. The van der Waals surface area contributed by atoms with E-state index in [1.54, 1.807) is 36.5 Å². The maximum atomic E-state index is 12.4. The van der Waals surface area contributed by atoms with Gasteiger partial charge in [-0.3, -0.25) is 9.59 Å². The van der Waals surface area contributed by atoms with Crippen LogP contribution in [-0.2, 0) is 16.0 Å². The molecule has 0 saturated carbocycles. The molecule has 3 aromatic rings. The SMILES string of the molecule is C[C@H](NC(=O)c1ccccc1)C(=O)N[C@@H](Cc1c[nH]c2ccccc12)C(=O)O. The van der Waals surface area contributed by atoms with Crippen molar-refractivity contribution in [1.82, 2.24) is 15.6 Å². The topological polar surface area (TPSA) is 111 Å². The number of carbonyl (C=O) groups is 3.